The highest BCUT2D eigenvalue weighted by Gasteiger charge is 2.09. The summed E-state index contributed by atoms with van der Waals surface area (Å²) in [6, 6.07) is 6.87. The predicted molar refractivity (Wildman–Crippen MR) is 71.0 cm³/mol. The second kappa shape index (κ2) is 5.45. The van der Waals surface area contributed by atoms with Crippen LogP contribution < -0.4 is 9.54 Å². The van der Waals surface area contributed by atoms with Crippen LogP contribution in [0.5, 0.6) is 5.75 Å². The molecule has 5 nitrogen and oxygen atoms in total. The number of aromatic nitrogens is 2. The molecule has 1 N–H and O–H groups in total. The summed E-state index contributed by atoms with van der Waals surface area (Å²) in [5.74, 6) is 0.616. The molecular weight excluding hydrogens is 318 g/mol. The maximum absolute atomic E-state index is 12.0. The Balaban J connectivity index is 2.16. The van der Waals surface area contributed by atoms with Crippen molar-refractivity contribution < 1.29 is 9.53 Å². The molecule has 0 amide bonds. The van der Waals surface area contributed by atoms with E-state index in [-0.39, 0.29) is 17.1 Å². The fourth-order valence-electron chi connectivity index (χ4n) is 1.40. The summed E-state index contributed by atoms with van der Waals surface area (Å²) >= 11 is 4.36. The Bertz CT molecular complexity index is 618. The van der Waals surface area contributed by atoms with Gasteiger partial charge in [0.25, 0.3) is 0 Å². The number of Topliss-reactive ketones (excluding diaryl/α,β-unsaturated/α-hetero) is 1. The van der Waals surface area contributed by atoms with Gasteiger partial charge in [0.05, 0.1) is 7.11 Å². The van der Waals surface area contributed by atoms with Crippen molar-refractivity contribution in [1.29, 1.82) is 5.41 Å². The van der Waals surface area contributed by atoms with Crippen molar-refractivity contribution >= 4 is 33.0 Å². The maximum Gasteiger partial charge on any atom is 0.201 e. The van der Waals surface area contributed by atoms with Gasteiger partial charge in [0.1, 0.15) is 12.3 Å². The molecule has 0 fully saturated rings. The van der Waals surface area contributed by atoms with Crippen molar-refractivity contribution in [1.82, 2.24) is 9.78 Å². The topological polar surface area (TPSA) is 68.0 Å². The molecule has 0 aliphatic heterocycles. The first kappa shape index (κ1) is 13.0. The average Bonchev–Trinajstić information content (AvgIpc) is 2.68. The third-order valence-electron chi connectivity index (χ3n) is 2.32. The lowest BCUT2D eigenvalue weighted by molar-refractivity contribution is 0.0966. The molecule has 0 aliphatic rings. The molecule has 94 valence electrons. The van der Waals surface area contributed by atoms with E-state index in [0.717, 1.165) is 0 Å². The summed E-state index contributed by atoms with van der Waals surface area (Å²) in [7, 11) is 1.58. The van der Waals surface area contributed by atoms with Gasteiger partial charge in [-0.25, -0.2) is 4.68 Å². The summed E-state index contributed by atoms with van der Waals surface area (Å²) < 4.78 is 6.98. The number of nitrogens with one attached hydrogen (secondary N) is 1. The molecule has 0 bridgehead atoms. The number of hydrogen-bond acceptors (Lipinski definition) is 5. The number of hydrogen-bond donors (Lipinski definition) is 1. The SMILES string of the molecule is COc1ccc(C(=O)Cn2nc(Br)sc2=N)cc1. The summed E-state index contributed by atoms with van der Waals surface area (Å²) in [4.78, 5) is 12.2. The standard InChI is InChI=1S/C11H10BrN3O2S/c1-17-8-4-2-7(3-5-8)9(16)6-15-11(13)18-10(12)14-15/h2-5,13H,6H2,1H3. The number of rotatable bonds is 4. The Morgan fingerprint density at radius 3 is 2.67 bits per heavy atom. The van der Waals surface area contributed by atoms with E-state index in [4.69, 9.17) is 10.1 Å². The van der Waals surface area contributed by atoms with Crippen LogP contribution in [0.2, 0.25) is 0 Å². The Kier molecular flexibility index (Phi) is 3.93. The Labute approximate surface area is 116 Å². The Morgan fingerprint density at radius 1 is 1.50 bits per heavy atom. The molecule has 1 heterocycles. The van der Waals surface area contributed by atoms with Crippen LogP contribution >= 0.6 is 27.3 Å². The fraction of sp³-hybridized carbons (Fsp3) is 0.182. The number of nitrogens with zero attached hydrogens (tertiary/aromatic N) is 2. The van der Waals surface area contributed by atoms with Gasteiger partial charge < -0.3 is 4.74 Å². The summed E-state index contributed by atoms with van der Waals surface area (Å²) in [6.45, 7) is 0.0628. The van der Waals surface area contributed by atoms with Crippen LogP contribution in [0.15, 0.2) is 28.2 Å². The number of benzene rings is 1. The second-order valence-electron chi connectivity index (χ2n) is 3.47. The molecule has 0 unspecified atom stereocenters. The van der Waals surface area contributed by atoms with Crippen molar-refractivity contribution in [3.8, 4) is 5.75 Å². The van der Waals surface area contributed by atoms with Gasteiger partial charge >= 0.3 is 0 Å². The minimum atomic E-state index is -0.0889. The van der Waals surface area contributed by atoms with E-state index >= 15 is 0 Å². The van der Waals surface area contributed by atoms with Gasteiger partial charge in [-0.05, 0) is 40.2 Å². The van der Waals surface area contributed by atoms with Crippen molar-refractivity contribution in [2.45, 2.75) is 6.54 Å². The smallest absolute Gasteiger partial charge is 0.201 e. The van der Waals surface area contributed by atoms with E-state index in [1.807, 2.05) is 0 Å². The van der Waals surface area contributed by atoms with Crippen LogP contribution in [0.3, 0.4) is 0 Å². The van der Waals surface area contributed by atoms with Crippen LogP contribution in [-0.4, -0.2) is 22.7 Å². The maximum atomic E-state index is 12.0. The molecule has 0 saturated heterocycles. The third-order valence-corrected chi connectivity index (χ3v) is 3.62. The number of ether oxygens (including phenoxy) is 1. The highest BCUT2D eigenvalue weighted by atomic mass is 79.9. The van der Waals surface area contributed by atoms with E-state index in [2.05, 4.69) is 21.0 Å². The zero-order valence-corrected chi connectivity index (χ0v) is 11.9. The molecule has 0 spiro atoms. The molecule has 7 heteroatoms. The number of carbonyl (C=O) groups is 1. The highest BCUT2D eigenvalue weighted by molar-refractivity contribution is 9.11. The first-order valence-electron chi connectivity index (χ1n) is 5.05. The largest absolute Gasteiger partial charge is 0.497 e. The second-order valence-corrected chi connectivity index (χ2v) is 5.72. The summed E-state index contributed by atoms with van der Waals surface area (Å²) in [5.41, 5.74) is 0.576. The average molecular weight is 328 g/mol. The summed E-state index contributed by atoms with van der Waals surface area (Å²) in [6.07, 6.45) is 0. The van der Waals surface area contributed by atoms with Gasteiger partial charge in [0.2, 0.25) is 4.80 Å². The lowest BCUT2D eigenvalue weighted by Crippen LogP contribution is -2.20. The van der Waals surface area contributed by atoms with Crippen LogP contribution in [0, 0.1) is 5.41 Å². The summed E-state index contributed by atoms with van der Waals surface area (Å²) in [5, 5.41) is 11.7. The van der Waals surface area contributed by atoms with Gasteiger partial charge in [-0.1, -0.05) is 11.3 Å². The van der Waals surface area contributed by atoms with Gasteiger partial charge in [-0.15, -0.1) is 0 Å². The molecule has 2 rings (SSSR count). The molecule has 0 saturated carbocycles. The number of methoxy groups -OCH3 is 1. The molecule has 18 heavy (non-hydrogen) atoms. The monoisotopic (exact) mass is 327 g/mol. The van der Waals surface area contributed by atoms with Crippen molar-refractivity contribution in [3.05, 3.63) is 38.5 Å². The molecular formula is C11H10BrN3O2S. The van der Waals surface area contributed by atoms with Gasteiger partial charge in [-0.3, -0.25) is 10.2 Å². The predicted octanol–water partition coefficient (Wildman–Crippen LogP) is 2.08. The van der Waals surface area contributed by atoms with Crippen molar-refractivity contribution in [2.75, 3.05) is 7.11 Å². The van der Waals surface area contributed by atoms with E-state index in [1.165, 1.54) is 16.0 Å². The first-order valence-corrected chi connectivity index (χ1v) is 6.66. The van der Waals surface area contributed by atoms with E-state index in [9.17, 15) is 4.79 Å². The van der Waals surface area contributed by atoms with Crippen LogP contribution in [-0.2, 0) is 6.54 Å². The lowest BCUT2D eigenvalue weighted by Gasteiger charge is -2.03. The minimum absolute atomic E-state index is 0.0628. The molecule has 0 aliphatic carbocycles. The van der Waals surface area contributed by atoms with Gasteiger partial charge in [0.15, 0.2) is 9.70 Å². The zero-order chi connectivity index (χ0) is 13.1. The first-order chi connectivity index (χ1) is 8.60. The van der Waals surface area contributed by atoms with Crippen molar-refractivity contribution in [2.24, 2.45) is 0 Å². The van der Waals surface area contributed by atoms with E-state index in [1.54, 1.807) is 31.4 Å². The molecule has 0 radical (unpaired) electrons. The molecule has 1 aromatic heterocycles. The number of halogens is 1. The van der Waals surface area contributed by atoms with E-state index in [0.29, 0.717) is 15.2 Å². The van der Waals surface area contributed by atoms with Gasteiger partial charge in [-0.2, -0.15) is 5.10 Å². The Morgan fingerprint density at radius 2 is 2.17 bits per heavy atom. The number of ketones is 1. The lowest BCUT2D eigenvalue weighted by atomic mass is 10.1. The Hall–Kier alpha value is -1.47. The highest BCUT2D eigenvalue weighted by Crippen LogP contribution is 2.12. The fourth-order valence-corrected chi connectivity index (χ4v) is 2.57. The zero-order valence-electron chi connectivity index (χ0n) is 9.51. The quantitative estimate of drug-likeness (QED) is 0.874. The minimum Gasteiger partial charge on any atom is -0.497 e. The van der Waals surface area contributed by atoms with Gasteiger partial charge in [0, 0.05) is 5.56 Å². The van der Waals surface area contributed by atoms with Crippen molar-refractivity contribution in [3.63, 3.8) is 0 Å². The normalized spacial score (nSPS) is 10.3. The number of carbonyl (C=O) groups excluding carboxylic acids is 1. The van der Waals surface area contributed by atoms with Crippen LogP contribution in [0.4, 0.5) is 0 Å². The molecule has 0 atom stereocenters. The van der Waals surface area contributed by atoms with E-state index < -0.39 is 0 Å². The molecule has 1 aromatic carbocycles. The van der Waals surface area contributed by atoms with Crippen LogP contribution in [0.1, 0.15) is 10.4 Å². The molecule has 2 aromatic rings. The van der Waals surface area contributed by atoms with Crippen LogP contribution in [0.25, 0.3) is 0 Å². The third kappa shape index (κ3) is 2.85.